The van der Waals surface area contributed by atoms with Crippen molar-refractivity contribution in [2.75, 3.05) is 24.5 Å². The van der Waals surface area contributed by atoms with Crippen molar-refractivity contribution in [2.24, 2.45) is 0 Å². The molecule has 0 amide bonds. The molecule has 1 unspecified atom stereocenters. The molecule has 5 rings (SSSR count). The average Bonchev–Trinajstić information content (AvgIpc) is 3.11. The summed E-state index contributed by atoms with van der Waals surface area (Å²) in [6, 6.07) is 14.3. The smallest absolute Gasteiger partial charge is 0.309 e. The summed E-state index contributed by atoms with van der Waals surface area (Å²) in [5, 5.41) is 3.95. The third kappa shape index (κ3) is 3.68. The van der Waals surface area contributed by atoms with Gasteiger partial charge in [-0.2, -0.15) is 0 Å². The molecule has 3 heterocycles. The molecule has 0 radical (unpaired) electrons. The first-order valence-electron chi connectivity index (χ1n) is 10.9. The van der Waals surface area contributed by atoms with Crippen LogP contribution < -0.4 is 10.2 Å². The third-order valence-electron chi connectivity index (χ3n) is 6.37. The van der Waals surface area contributed by atoms with Gasteiger partial charge in [-0.05, 0) is 49.1 Å². The molecule has 1 atom stereocenters. The van der Waals surface area contributed by atoms with Crippen molar-refractivity contribution in [3.05, 3.63) is 64.2 Å². The number of nitrogens with zero attached hydrogens (tertiary/aromatic N) is 1. The highest BCUT2D eigenvalue weighted by atomic mass is 35.5. The summed E-state index contributed by atoms with van der Waals surface area (Å²) >= 11 is 6.79. The van der Waals surface area contributed by atoms with Crippen molar-refractivity contribution in [2.45, 2.75) is 43.9 Å². The van der Waals surface area contributed by atoms with E-state index in [1.54, 1.807) is 0 Å². The summed E-state index contributed by atoms with van der Waals surface area (Å²) in [6.45, 7) is 1.78. The number of fused-ring (bicyclic) bond motifs is 2. The van der Waals surface area contributed by atoms with Crippen molar-refractivity contribution < 1.29 is 19.1 Å². The maximum atomic E-state index is 12.4. The van der Waals surface area contributed by atoms with Gasteiger partial charge in [0.1, 0.15) is 0 Å². The van der Waals surface area contributed by atoms with Gasteiger partial charge in [0.15, 0.2) is 0 Å². The van der Waals surface area contributed by atoms with Gasteiger partial charge in [-0.3, -0.25) is 9.59 Å². The van der Waals surface area contributed by atoms with Gasteiger partial charge in [0, 0.05) is 12.1 Å². The lowest BCUT2D eigenvalue weighted by molar-refractivity contribution is -0.225. The van der Waals surface area contributed by atoms with Crippen molar-refractivity contribution in [3.63, 3.8) is 0 Å². The Morgan fingerprint density at radius 1 is 1.00 bits per heavy atom. The number of halogens is 1. The van der Waals surface area contributed by atoms with E-state index in [4.69, 9.17) is 21.1 Å². The number of carbonyl (C=O) groups excluding carboxylic acids is 2. The van der Waals surface area contributed by atoms with E-state index in [1.807, 2.05) is 18.2 Å². The fraction of sp³-hybridized carbons (Fsp3) is 0.417. The normalized spacial score (nSPS) is 23.0. The van der Waals surface area contributed by atoms with Gasteiger partial charge in [-0.1, -0.05) is 41.9 Å². The zero-order chi connectivity index (χ0) is 21.4. The third-order valence-corrected chi connectivity index (χ3v) is 6.67. The van der Waals surface area contributed by atoms with Gasteiger partial charge in [0.05, 0.1) is 36.1 Å². The lowest BCUT2D eigenvalue weighted by Crippen LogP contribution is -2.43. The molecule has 7 heteroatoms. The summed E-state index contributed by atoms with van der Waals surface area (Å²) in [4.78, 5) is 27.1. The molecule has 31 heavy (non-hydrogen) atoms. The number of nitrogens with one attached hydrogen (secondary N) is 1. The van der Waals surface area contributed by atoms with Gasteiger partial charge in [-0.25, -0.2) is 0 Å². The van der Waals surface area contributed by atoms with Crippen LogP contribution in [0.3, 0.4) is 0 Å². The van der Waals surface area contributed by atoms with Crippen molar-refractivity contribution in [1.82, 2.24) is 5.32 Å². The van der Waals surface area contributed by atoms with E-state index in [0.717, 1.165) is 30.6 Å². The number of esters is 2. The second-order valence-electron chi connectivity index (χ2n) is 8.31. The first-order chi connectivity index (χ1) is 15.1. The van der Waals surface area contributed by atoms with Gasteiger partial charge in [-0.15, -0.1) is 0 Å². The van der Waals surface area contributed by atoms with Crippen molar-refractivity contribution in [1.29, 1.82) is 0 Å². The molecule has 0 aromatic heterocycles. The van der Waals surface area contributed by atoms with Crippen LogP contribution in [0.15, 0.2) is 42.5 Å². The first-order valence-corrected chi connectivity index (χ1v) is 11.2. The highest BCUT2D eigenvalue weighted by molar-refractivity contribution is 6.33. The Balaban J connectivity index is 1.64. The highest BCUT2D eigenvalue weighted by Crippen LogP contribution is 2.46. The molecule has 162 valence electrons. The van der Waals surface area contributed by atoms with E-state index in [1.165, 1.54) is 5.56 Å². The van der Waals surface area contributed by atoms with Crippen LogP contribution in [-0.4, -0.2) is 31.6 Å². The summed E-state index contributed by atoms with van der Waals surface area (Å²) in [6.07, 6.45) is 2.85. The summed E-state index contributed by atoms with van der Waals surface area (Å²) in [7, 11) is 0. The van der Waals surface area contributed by atoms with E-state index < -0.39 is 17.7 Å². The number of anilines is 1. The number of hydrogen-bond donors (Lipinski definition) is 1. The number of benzene rings is 2. The standard InChI is InChI=1S/C24H25ClN2O4/c25-19-9-8-18-17(12-13-26-15-24(18)30-21(28)10-11-22(29)31-24)23(19)27-14-4-7-20(27)16-5-2-1-3-6-16/h1-3,5-6,8-9,20,26H,4,7,10-15H2. The van der Waals surface area contributed by atoms with E-state index >= 15 is 0 Å². The molecule has 0 bridgehead atoms. The van der Waals surface area contributed by atoms with Crippen LogP contribution in [0, 0.1) is 0 Å². The molecule has 2 fully saturated rings. The molecule has 0 saturated carbocycles. The molecule has 2 aromatic carbocycles. The summed E-state index contributed by atoms with van der Waals surface area (Å²) < 4.78 is 11.6. The molecule has 0 aliphatic carbocycles. The largest absolute Gasteiger partial charge is 0.416 e. The molecule has 2 aromatic rings. The highest BCUT2D eigenvalue weighted by Gasteiger charge is 2.46. The van der Waals surface area contributed by atoms with Gasteiger partial charge in [0.2, 0.25) is 0 Å². The lowest BCUT2D eigenvalue weighted by atomic mass is 9.94. The van der Waals surface area contributed by atoms with Crippen molar-refractivity contribution in [3.8, 4) is 0 Å². The Hall–Kier alpha value is -2.57. The SMILES string of the molecule is O=C1CCC(=O)OC2(CNCCc3c2ccc(Cl)c3N2CCCC2c2ccccc2)O1. The average molecular weight is 441 g/mol. The Bertz CT molecular complexity index is 992. The minimum absolute atomic E-state index is 0.0264. The fourth-order valence-corrected chi connectivity index (χ4v) is 5.31. The molecule has 3 aliphatic heterocycles. The number of ether oxygens (including phenoxy) is 2. The quantitative estimate of drug-likeness (QED) is 0.715. The van der Waals surface area contributed by atoms with Crippen LogP contribution in [0.5, 0.6) is 0 Å². The van der Waals surface area contributed by atoms with E-state index in [9.17, 15) is 9.59 Å². The van der Waals surface area contributed by atoms with Gasteiger partial charge in [0.25, 0.3) is 5.79 Å². The van der Waals surface area contributed by atoms with E-state index in [0.29, 0.717) is 23.6 Å². The molecular weight excluding hydrogens is 416 g/mol. The van der Waals surface area contributed by atoms with Crippen LogP contribution in [0.25, 0.3) is 0 Å². The zero-order valence-corrected chi connectivity index (χ0v) is 18.0. The number of hydrogen-bond acceptors (Lipinski definition) is 6. The zero-order valence-electron chi connectivity index (χ0n) is 17.2. The molecule has 1 N–H and O–H groups in total. The van der Waals surface area contributed by atoms with Crippen LogP contribution in [-0.2, 0) is 31.3 Å². The summed E-state index contributed by atoms with van der Waals surface area (Å²) in [5.41, 5.74) is 3.88. The van der Waals surface area contributed by atoms with Crippen LogP contribution >= 0.6 is 11.6 Å². The minimum atomic E-state index is -1.46. The number of carbonyl (C=O) groups is 2. The maximum Gasteiger partial charge on any atom is 0.309 e. The Labute approximate surface area is 186 Å². The van der Waals surface area contributed by atoms with Gasteiger partial charge >= 0.3 is 11.9 Å². The Kier molecular flexibility index (Phi) is 5.36. The maximum absolute atomic E-state index is 12.4. The molecule has 3 aliphatic rings. The fourth-order valence-electron chi connectivity index (χ4n) is 5.02. The van der Waals surface area contributed by atoms with E-state index in [-0.39, 0.29) is 25.4 Å². The van der Waals surface area contributed by atoms with Crippen LogP contribution in [0.4, 0.5) is 5.69 Å². The topological polar surface area (TPSA) is 67.9 Å². The molecular formula is C24H25ClN2O4. The molecule has 6 nitrogen and oxygen atoms in total. The van der Waals surface area contributed by atoms with Crippen LogP contribution in [0.2, 0.25) is 5.02 Å². The Morgan fingerprint density at radius 2 is 1.74 bits per heavy atom. The second-order valence-corrected chi connectivity index (χ2v) is 8.72. The predicted octanol–water partition coefficient (Wildman–Crippen LogP) is 3.86. The van der Waals surface area contributed by atoms with E-state index in [2.05, 4.69) is 34.5 Å². The minimum Gasteiger partial charge on any atom is -0.416 e. The number of rotatable bonds is 2. The van der Waals surface area contributed by atoms with Gasteiger partial charge < -0.3 is 19.7 Å². The monoisotopic (exact) mass is 440 g/mol. The van der Waals surface area contributed by atoms with Crippen molar-refractivity contribution >= 4 is 29.2 Å². The van der Waals surface area contributed by atoms with Crippen LogP contribution in [0.1, 0.15) is 48.4 Å². The predicted molar refractivity (Wildman–Crippen MR) is 117 cm³/mol. The molecule has 1 spiro atoms. The summed E-state index contributed by atoms with van der Waals surface area (Å²) in [5.74, 6) is -2.32. The molecule has 2 saturated heterocycles. The lowest BCUT2D eigenvalue weighted by Gasteiger charge is -2.35. The first kappa shape index (κ1) is 20.3. The Morgan fingerprint density at radius 3 is 2.48 bits per heavy atom. The second kappa shape index (κ2) is 8.17.